The second-order valence-electron chi connectivity index (χ2n) is 5.99. The molecule has 0 bridgehead atoms. The molecule has 0 heterocycles. The molecule has 2 aromatic carbocycles. The van der Waals surface area contributed by atoms with E-state index in [-0.39, 0.29) is 6.54 Å². The zero-order chi connectivity index (χ0) is 23.4. The Morgan fingerprint density at radius 1 is 1.19 bits per heavy atom. The van der Waals surface area contributed by atoms with Crippen LogP contribution >= 0.6 is 11.6 Å². The van der Waals surface area contributed by atoms with Gasteiger partial charge >= 0.3 is 12.8 Å². The van der Waals surface area contributed by atoms with Crippen LogP contribution in [0.3, 0.4) is 0 Å². The second kappa shape index (κ2) is 9.79. The Morgan fingerprint density at radius 3 is 2.39 bits per heavy atom. The molecule has 0 aliphatic heterocycles. The van der Waals surface area contributed by atoms with Crippen LogP contribution < -0.4 is 10.1 Å². The lowest BCUT2D eigenvalue weighted by Crippen LogP contribution is -2.38. The topological polar surface area (TPSA) is 75.7 Å². The summed E-state index contributed by atoms with van der Waals surface area (Å²) < 4.78 is 94.2. The highest BCUT2D eigenvalue weighted by atomic mass is 35.5. The van der Waals surface area contributed by atoms with E-state index in [4.69, 9.17) is 11.6 Å². The fraction of sp³-hybridized carbons (Fsp3) is 0.278. The van der Waals surface area contributed by atoms with Gasteiger partial charge in [0.25, 0.3) is 0 Å². The molecular weight excluding hydrogens is 471 g/mol. The van der Waals surface area contributed by atoms with Gasteiger partial charge in [-0.25, -0.2) is 8.42 Å². The predicted molar refractivity (Wildman–Crippen MR) is 103 cm³/mol. The van der Waals surface area contributed by atoms with Crippen molar-refractivity contribution < 1.29 is 39.9 Å². The van der Waals surface area contributed by atoms with E-state index in [1.165, 1.54) is 13.0 Å². The highest BCUT2D eigenvalue weighted by Gasteiger charge is 2.34. The van der Waals surface area contributed by atoms with Crippen LogP contribution in [0.5, 0.6) is 5.75 Å². The van der Waals surface area contributed by atoms with Gasteiger partial charge in [0.05, 0.1) is 27.7 Å². The zero-order valence-electron chi connectivity index (χ0n) is 15.8. The lowest BCUT2D eigenvalue weighted by Gasteiger charge is -2.21. The maximum atomic E-state index is 13.1. The number of anilines is 1. The molecule has 0 fully saturated rings. The Hall–Kier alpha value is -2.44. The van der Waals surface area contributed by atoms with Crippen molar-refractivity contribution in [2.45, 2.75) is 24.6 Å². The van der Waals surface area contributed by atoms with Crippen LogP contribution in [0.15, 0.2) is 47.4 Å². The van der Waals surface area contributed by atoms with Crippen LogP contribution in [-0.2, 0) is 21.0 Å². The lowest BCUT2D eigenvalue weighted by atomic mass is 10.1. The third-order valence-corrected chi connectivity index (χ3v) is 6.15. The van der Waals surface area contributed by atoms with Crippen molar-refractivity contribution in [3.63, 3.8) is 0 Å². The number of halogens is 6. The van der Waals surface area contributed by atoms with Gasteiger partial charge in [0.2, 0.25) is 15.9 Å². The monoisotopic (exact) mass is 486 g/mol. The van der Waals surface area contributed by atoms with Crippen LogP contribution in [0.2, 0.25) is 5.02 Å². The lowest BCUT2D eigenvalue weighted by molar-refractivity contribution is -0.137. The van der Waals surface area contributed by atoms with E-state index in [2.05, 4.69) is 10.1 Å². The minimum absolute atomic E-state index is 0.205. The van der Waals surface area contributed by atoms with Gasteiger partial charge in [-0.3, -0.25) is 4.79 Å². The number of carbonyl (C=O) groups is 1. The molecule has 2 rings (SSSR count). The minimum atomic E-state index is -4.72. The van der Waals surface area contributed by atoms with E-state index in [9.17, 15) is 35.2 Å². The highest BCUT2D eigenvalue weighted by molar-refractivity contribution is 7.89. The summed E-state index contributed by atoms with van der Waals surface area (Å²) >= 11 is 5.77. The number of ether oxygens (including phenoxy) is 1. The van der Waals surface area contributed by atoms with E-state index in [1.807, 2.05) is 0 Å². The normalized spacial score (nSPS) is 12.3. The number of alkyl halides is 5. The molecule has 0 aliphatic carbocycles. The van der Waals surface area contributed by atoms with Crippen molar-refractivity contribution in [1.82, 2.24) is 4.31 Å². The molecule has 13 heteroatoms. The van der Waals surface area contributed by atoms with E-state index < -0.39 is 62.2 Å². The molecule has 0 atom stereocenters. The summed E-state index contributed by atoms with van der Waals surface area (Å²) in [4.78, 5) is 11.9. The summed E-state index contributed by atoms with van der Waals surface area (Å²) in [5.74, 6) is -1.45. The largest absolute Gasteiger partial charge is 0.433 e. The van der Waals surface area contributed by atoms with Crippen LogP contribution in [-0.4, -0.2) is 38.3 Å². The first kappa shape index (κ1) is 24.8. The first-order valence-electron chi connectivity index (χ1n) is 8.56. The maximum absolute atomic E-state index is 13.1. The molecular formula is C18H16ClF5N2O4S. The van der Waals surface area contributed by atoms with E-state index >= 15 is 0 Å². The number of amides is 1. The van der Waals surface area contributed by atoms with Crippen molar-refractivity contribution in [2.24, 2.45) is 0 Å². The molecule has 170 valence electrons. The van der Waals surface area contributed by atoms with Gasteiger partial charge in [0.1, 0.15) is 5.75 Å². The van der Waals surface area contributed by atoms with E-state index in [0.29, 0.717) is 4.31 Å². The Balaban J connectivity index is 2.22. The number of sulfonamides is 1. The first-order chi connectivity index (χ1) is 14.4. The Labute approximate surface area is 179 Å². The molecule has 1 N–H and O–H groups in total. The van der Waals surface area contributed by atoms with Gasteiger partial charge in [-0.15, -0.1) is 0 Å². The van der Waals surface area contributed by atoms with Crippen molar-refractivity contribution in [2.75, 3.05) is 18.4 Å². The number of likely N-dealkylation sites (N-methyl/N-ethyl adjacent to an activating group) is 1. The van der Waals surface area contributed by atoms with Gasteiger partial charge in [-0.1, -0.05) is 30.7 Å². The summed E-state index contributed by atoms with van der Waals surface area (Å²) in [6.45, 7) is -2.76. The number of hydrogen-bond donors (Lipinski definition) is 1. The maximum Gasteiger partial charge on any atom is 0.418 e. The SMILES string of the molecule is CCN(CC(=O)Nc1ccccc1C(F)(F)F)S(=O)(=O)c1ccc(OC(F)F)c(Cl)c1. The van der Waals surface area contributed by atoms with Gasteiger partial charge in [0, 0.05) is 6.54 Å². The number of para-hydroxylation sites is 1. The molecule has 0 unspecified atom stereocenters. The predicted octanol–water partition coefficient (Wildman–Crippen LogP) is 4.61. The molecule has 2 aromatic rings. The standard InChI is InChI=1S/C18H16ClF5N2O4S/c1-2-26(10-16(27)25-14-6-4-3-5-12(14)18(22,23)24)31(28,29)11-7-8-15(13(19)9-11)30-17(20)21/h3-9,17H,2,10H2,1H3,(H,25,27). The quantitative estimate of drug-likeness (QED) is 0.553. The highest BCUT2D eigenvalue weighted by Crippen LogP contribution is 2.34. The molecule has 0 aliphatic rings. The van der Waals surface area contributed by atoms with Crippen LogP contribution in [0.25, 0.3) is 0 Å². The summed E-state index contributed by atoms with van der Waals surface area (Å²) in [5, 5.41) is 1.65. The van der Waals surface area contributed by atoms with Gasteiger partial charge in [-0.05, 0) is 30.3 Å². The van der Waals surface area contributed by atoms with Crippen molar-refractivity contribution in [1.29, 1.82) is 0 Å². The number of nitrogens with zero attached hydrogens (tertiary/aromatic N) is 1. The number of hydrogen-bond acceptors (Lipinski definition) is 4. The summed E-state index contributed by atoms with van der Waals surface area (Å²) in [5.41, 5.74) is -1.61. The van der Waals surface area contributed by atoms with Gasteiger partial charge in [-0.2, -0.15) is 26.3 Å². The number of nitrogens with one attached hydrogen (secondary N) is 1. The second-order valence-corrected chi connectivity index (χ2v) is 8.34. The third kappa shape index (κ3) is 6.28. The Kier molecular flexibility index (Phi) is 7.84. The van der Waals surface area contributed by atoms with Crippen molar-refractivity contribution in [3.8, 4) is 5.75 Å². The molecule has 0 saturated heterocycles. The van der Waals surface area contributed by atoms with Crippen LogP contribution in [0, 0.1) is 0 Å². The molecule has 6 nitrogen and oxygen atoms in total. The summed E-state index contributed by atoms with van der Waals surface area (Å²) in [7, 11) is -4.32. The van der Waals surface area contributed by atoms with E-state index in [0.717, 1.165) is 36.4 Å². The first-order valence-corrected chi connectivity index (χ1v) is 10.4. The average Bonchev–Trinajstić information content (AvgIpc) is 2.66. The third-order valence-electron chi connectivity index (χ3n) is 3.94. The van der Waals surface area contributed by atoms with Crippen molar-refractivity contribution in [3.05, 3.63) is 53.1 Å². The number of carbonyl (C=O) groups excluding carboxylic acids is 1. The average molecular weight is 487 g/mol. The van der Waals surface area contributed by atoms with Gasteiger partial charge < -0.3 is 10.1 Å². The smallest absolute Gasteiger partial charge is 0.418 e. The van der Waals surface area contributed by atoms with Gasteiger partial charge in [0.15, 0.2) is 0 Å². The summed E-state index contributed by atoms with van der Waals surface area (Å²) in [6.07, 6.45) is -4.72. The molecule has 0 aromatic heterocycles. The molecule has 1 amide bonds. The Bertz CT molecular complexity index is 1050. The van der Waals surface area contributed by atoms with Crippen LogP contribution in [0.4, 0.5) is 27.6 Å². The molecule has 0 radical (unpaired) electrons. The van der Waals surface area contributed by atoms with Crippen molar-refractivity contribution >= 4 is 33.2 Å². The summed E-state index contributed by atoms with van der Waals surface area (Å²) in [6, 6.07) is 6.99. The van der Waals surface area contributed by atoms with E-state index in [1.54, 1.807) is 0 Å². The molecule has 0 spiro atoms. The molecule has 31 heavy (non-hydrogen) atoms. The molecule has 0 saturated carbocycles. The fourth-order valence-electron chi connectivity index (χ4n) is 2.54. The minimum Gasteiger partial charge on any atom is -0.433 e. The fourth-order valence-corrected chi connectivity index (χ4v) is 4.26. The van der Waals surface area contributed by atoms with Crippen LogP contribution in [0.1, 0.15) is 12.5 Å². The number of benzene rings is 2. The Morgan fingerprint density at radius 2 is 1.84 bits per heavy atom. The number of rotatable bonds is 8. The zero-order valence-corrected chi connectivity index (χ0v) is 17.4.